The lowest BCUT2D eigenvalue weighted by Gasteiger charge is -2.23. The van der Waals surface area contributed by atoms with Crippen LogP contribution in [0, 0.1) is 6.92 Å². The number of hydrogen-bond acceptors (Lipinski definition) is 1. The fraction of sp³-hybridized carbons (Fsp3) is 0.185. The van der Waals surface area contributed by atoms with Gasteiger partial charge in [0.05, 0.1) is 11.0 Å². The molecule has 0 aliphatic heterocycles. The second kappa shape index (κ2) is 15.0. The molecule has 280 valence electrons. The highest BCUT2D eigenvalue weighted by Gasteiger charge is 2.36. The van der Waals surface area contributed by atoms with Gasteiger partial charge in [-0.15, -0.1) is 0 Å². The van der Waals surface area contributed by atoms with Gasteiger partial charge in [0, 0.05) is 27.5 Å². The first-order valence-electron chi connectivity index (χ1n) is 20.4. The van der Waals surface area contributed by atoms with Crippen LogP contribution in [0.1, 0.15) is 79.0 Å². The van der Waals surface area contributed by atoms with Crippen LogP contribution in [0.2, 0.25) is 0 Å². The molecule has 3 nitrogen and oxygen atoms in total. The third kappa shape index (κ3) is 6.51. The lowest BCUT2D eigenvalue weighted by atomic mass is 9.80. The number of hydrogen-bond donors (Lipinski definition) is 0. The smallest absolute Gasteiger partial charge is 0.156 e. The van der Waals surface area contributed by atoms with Crippen molar-refractivity contribution in [1.82, 2.24) is 4.57 Å². The minimum atomic E-state index is 0.000636. The summed E-state index contributed by atoms with van der Waals surface area (Å²) in [5.74, 6) is 1.12. The highest BCUT2D eigenvalue weighted by atomic mass is 15.1. The Labute approximate surface area is 337 Å². The molecule has 0 spiro atoms. The molecule has 1 aromatic heterocycles. The van der Waals surface area contributed by atoms with Crippen molar-refractivity contribution < 1.29 is 0 Å². The number of rotatable bonds is 9. The van der Waals surface area contributed by atoms with Crippen molar-refractivity contribution in [3.05, 3.63) is 203 Å². The summed E-state index contributed by atoms with van der Waals surface area (Å²) in [6.07, 6.45) is 2.03. The Morgan fingerprint density at radius 1 is 0.596 bits per heavy atom. The molecule has 57 heavy (non-hydrogen) atoms. The van der Waals surface area contributed by atoms with E-state index in [4.69, 9.17) is 9.98 Å². The molecule has 1 heterocycles. The van der Waals surface area contributed by atoms with Gasteiger partial charge in [-0.25, -0.2) is 9.98 Å². The number of aliphatic imine (C=N–C) groups is 2. The summed E-state index contributed by atoms with van der Waals surface area (Å²) in [6.45, 7) is 11.9. The molecule has 1 unspecified atom stereocenters. The Morgan fingerprint density at radius 2 is 1.21 bits per heavy atom. The molecule has 0 saturated carbocycles. The Hall–Kier alpha value is -6.32. The fourth-order valence-electron chi connectivity index (χ4n) is 9.28. The maximum atomic E-state index is 5.19. The zero-order valence-electron chi connectivity index (χ0n) is 33.6. The molecule has 0 N–H and O–H groups in total. The largest absolute Gasteiger partial charge is 0.320 e. The van der Waals surface area contributed by atoms with Crippen LogP contribution in [0.5, 0.6) is 0 Å². The van der Waals surface area contributed by atoms with E-state index in [0.29, 0.717) is 12.6 Å². The zero-order valence-corrected chi connectivity index (χ0v) is 33.6. The second-order valence-corrected chi connectivity index (χ2v) is 16.1. The van der Waals surface area contributed by atoms with E-state index in [1.807, 2.05) is 6.07 Å². The van der Waals surface area contributed by atoms with Gasteiger partial charge in [-0.2, -0.15) is 0 Å². The third-order valence-corrected chi connectivity index (χ3v) is 12.4. The van der Waals surface area contributed by atoms with Crippen molar-refractivity contribution in [3.63, 3.8) is 0 Å². The van der Waals surface area contributed by atoms with Gasteiger partial charge in [0.15, 0.2) is 5.84 Å². The van der Waals surface area contributed by atoms with Crippen LogP contribution in [0.4, 0.5) is 0 Å². The molecule has 1 aliphatic rings. The van der Waals surface area contributed by atoms with E-state index in [0.717, 1.165) is 35.5 Å². The molecule has 8 aromatic rings. The predicted molar refractivity (Wildman–Crippen MR) is 242 cm³/mol. The summed E-state index contributed by atoms with van der Waals surface area (Å²) in [6, 6.07) is 59.3. The average Bonchev–Trinajstić information content (AvgIpc) is 3.70. The second-order valence-electron chi connectivity index (χ2n) is 16.1. The molecule has 1 aliphatic carbocycles. The standard InChI is InChI=1S/C54H49N3/c1-6-38(34-42-20-10-11-21-44(42)43-32-33-49-52(36(43)2)47-24-12-15-25-48(47)54(49,4)5)40-30-28-39(29-31-40)37(3)56-53(41-18-8-7-9-19-41)55-35-57-50-26-16-13-22-45(50)46-23-14-17-27-51(46)57/h7-33,38H,6,34-35H2,1-5H3/b55-53-,56-37+. The maximum absolute atomic E-state index is 5.19. The van der Waals surface area contributed by atoms with Crippen LogP contribution in [-0.4, -0.2) is 16.1 Å². The summed E-state index contributed by atoms with van der Waals surface area (Å²) in [5.41, 5.74) is 17.9. The molecule has 0 bridgehead atoms. The van der Waals surface area contributed by atoms with Crippen molar-refractivity contribution in [2.75, 3.05) is 0 Å². The molecule has 0 saturated heterocycles. The number of aromatic nitrogens is 1. The van der Waals surface area contributed by atoms with Gasteiger partial charge < -0.3 is 4.57 Å². The van der Waals surface area contributed by atoms with Crippen molar-refractivity contribution in [1.29, 1.82) is 0 Å². The van der Waals surface area contributed by atoms with Gasteiger partial charge in [0.25, 0.3) is 0 Å². The monoisotopic (exact) mass is 739 g/mol. The summed E-state index contributed by atoms with van der Waals surface area (Å²) >= 11 is 0. The first kappa shape index (κ1) is 36.3. The van der Waals surface area contributed by atoms with Gasteiger partial charge in [-0.3, -0.25) is 0 Å². The van der Waals surface area contributed by atoms with Gasteiger partial charge in [-0.05, 0) is 100 Å². The van der Waals surface area contributed by atoms with E-state index in [2.05, 4.69) is 197 Å². The quantitative estimate of drug-likeness (QED) is 0.104. The Kier molecular flexibility index (Phi) is 9.54. The van der Waals surface area contributed by atoms with E-state index in [1.165, 1.54) is 71.9 Å². The summed E-state index contributed by atoms with van der Waals surface area (Å²) in [5, 5.41) is 2.48. The Morgan fingerprint density at radius 3 is 1.91 bits per heavy atom. The first-order valence-corrected chi connectivity index (χ1v) is 20.4. The molecule has 0 amide bonds. The van der Waals surface area contributed by atoms with Crippen LogP contribution in [0.15, 0.2) is 174 Å². The Balaban J connectivity index is 0.999. The maximum Gasteiger partial charge on any atom is 0.156 e. The number of fused-ring (bicyclic) bond motifs is 6. The van der Waals surface area contributed by atoms with Crippen LogP contribution in [0.25, 0.3) is 44.1 Å². The molecule has 0 fully saturated rings. The van der Waals surface area contributed by atoms with Crippen LogP contribution < -0.4 is 0 Å². The van der Waals surface area contributed by atoms with Crippen molar-refractivity contribution in [2.45, 2.75) is 65.5 Å². The minimum absolute atomic E-state index is 0.000636. The lowest BCUT2D eigenvalue weighted by Crippen LogP contribution is -2.15. The van der Waals surface area contributed by atoms with Gasteiger partial charge >= 0.3 is 0 Å². The molecule has 9 rings (SSSR count). The summed E-state index contributed by atoms with van der Waals surface area (Å²) in [4.78, 5) is 10.4. The van der Waals surface area contributed by atoms with E-state index in [-0.39, 0.29) is 5.41 Å². The number of benzene rings is 7. The van der Waals surface area contributed by atoms with Crippen molar-refractivity contribution in [2.24, 2.45) is 9.98 Å². The van der Waals surface area contributed by atoms with Crippen LogP contribution in [-0.2, 0) is 18.5 Å². The van der Waals surface area contributed by atoms with E-state index in [1.54, 1.807) is 0 Å². The van der Waals surface area contributed by atoms with E-state index in [9.17, 15) is 0 Å². The topological polar surface area (TPSA) is 29.6 Å². The minimum Gasteiger partial charge on any atom is -0.320 e. The Bertz CT molecular complexity index is 2760. The first-order chi connectivity index (χ1) is 27.8. The lowest BCUT2D eigenvalue weighted by molar-refractivity contribution is 0.659. The number of nitrogens with zero attached hydrogens (tertiary/aromatic N) is 3. The normalized spacial score (nSPS) is 14.2. The SMILES string of the molecule is CCC(Cc1ccccc1-c1ccc2c(c1C)-c1ccccc1C2(C)C)c1ccc(/C(C)=N/C(=N\Cn2c3ccccc3c3ccccc32)c2ccccc2)cc1. The molecule has 1 atom stereocenters. The molecule has 3 heteroatoms. The van der Waals surface area contributed by atoms with E-state index < -0.39 is 0 Å². The fourth-order valence-corrected chi connectivity index (χ4v) is 9.28. The van der Waals surface area contributed by atoms with Crippen LogP contribution >= 0.6 is 0 Å². The van der Waals surface area contributed by atoms with Crippen molar-refractivity contribution in [3.8, 4) is 22.3 Å². The highest BCUT2D eigenvalue weighted by Crippen LogP contribution is 2.51. The van der Waals surface area contributed by atoms with Gasteiger partial charge in [0.1, 0.15) is 6.67 Å². The van der Waals surface area contributed by atoms with Crippen LogP contribution in [0.3, 0.4) is 0 Å². The van der Waals surface area contributed by atoms with Gasteiger partial charge in [-0.1, -0.05) is 172 Å². The molecular formula is C54H49N3. The van der Waals surface area contributed by atoms with Gasteiger partial charge in [0.2, 0.25) is 0 Å². The third-order valence-electron chi connectivity index (χ3n) is 12.4. The molecule has 7 aromatic carbocycles. The molecule has 0 radical (unpaired) electrons. The molecular weight excluding hydrogens is 691 g/mol. The predicted octanol–water partition coefficient (Wildman–Crippen LogP) is 13.7. The van der Waals surface area contributed by atoms with E-state index >= 15 is 0 Å². The summed E-state index contributed by atoms with van der Waals surface area (Å²) < 4.78 is 2.29. The average molecular weight is 740 g/mol. The zero-order chi connectivity index (χ0) is 39.1. The summed E-state index contributed by atoms with van der Waals surface area (Å²) in [7, 11) is 0. The highest BCUT2D eigenvalue weighted by molar-refractivity contribution is 6.12. The number of para-hydroxylation sites is 2. The van der Waals surface area contributed by atoms with Crippen molar-refractivity contribution >= 4 is 33.4 Å². The number of amidine groups is 1.